The number of fused-ring (bicyclic) bond motifs is 1. The highest BCUT2D eigenvalue weighted by Crippen LogP contribution is 2.30. The Morgan fingerprint density at radius 3 is 2.58 bits per heavy atom. The molecule has 5 nitrogen and oxygen atoms in total. The topological polar surface area (TPSA) is 47.1 Å². The lowest BCUT2D eigenvalue weighted by atomic mass is 10.1. The van der Waals surface area contributed by atoms with E-state index in [1.54, 1.807) is 0 Å². The van der Waals surface area contributed by atoms with Gasteiger partial charge in [0.05, 0.1) is 5.56 Å². The third-order valence-corrected chi connectivity index (χ3v) is 6.54. The van der Waals surface area contributed by atoms with Gasteiger partial charge in [0.25, 0.3) is 5.89 Å². The molecule has 31 heavy (non-hydrogen) atoms. The summed E-state index contributed by atoms with van der Waals surface area (Å²) in [5, 5.41) is 6.16. The Morgan fingerprint density at radius 1 is 0.903 bits per heavy atom. The van der Waals surface area contributed by atoms with Crippen molar-refractivity contribution < 1.29 is 4.52 Å². The van der Waals surface area contributed by atoms with Crippen molar-refractivity contribution in [2.75, 3.05) is 19.6 Å². The van der Waals surface area contributed by atoms with Gasteiger partial charge < -0.3 is 14.0 Å². The fourth-order valence-electron chi connectivity index (χ4n) is 4.45. The van der Waals surface area contributed by atoms with Crippen molar-refractivity contribution in [3.63, 3.8) is 0 Å². The summed E-state index contributed by atoms with van der Waals surface area (Å²) in [6.45, 7) is 4.47. The van der Waals surface area contributed by atoms with E-state index in [0.29, 0.717) is 18.1 Å². The molecule has 0 radical (unpaired) electrons. The quantitative estimate of drug-likeness (QED) is 0.379. The van der Waals surface area contributed by atoms with Crippen LogP contribution >= 0.6 is 11.6 Å². The first-order valence-electron chi connectivity index (χ1n) is 11.1. The van der Waals surface area contributed by atoms with Crippen molar-refractivity contribution in [1.29, 1.82) is 0 Å². The van der Waals surface area contributed by atoms with E-state index in [1.807, 2.05) is 24.3 Å². The molecule has 2 aromatic carbocycles. The van der Waals surface area contributed by atoms with E-state index < -0.39 is 0 Å². The molecular formula is C25H27ClN4O. The molecule has 0 spiro atoms. The van der Waals surface area contributed by atoms with Crippen molar-refractivity contribution in [3.05, 3.63) is 71.1 Å². The van der Waals surface area contributed by atoms with Gasteiger partial charge in [-0.25, -0.2) is 0 Å². The van der Waals surface area contributed by atoms with Gasteiger partial charge in [-0.3, -0.25) is 0 Å². The van der Waals surface area contributed by atoms with Gasteiger partial charge >= 0.3 is 0 Å². The second kappa shape index (κ2) is 9.25. The molecule has 6 heteroatoms. The molecule has 0 amide bonds. The number of aryl methyl sites for hydroxylation is 2. The minimum Gasteiger partial charge on any atom is -0.345 e. The average molecular weight is 435 g/mol. The third kappa shape index (κ3) is 4.53. The van der Waals surface area contributed by atoms with Gasteiger partial charge in [0.2, 0.25) is 0 Å². The first-order chi connectivity index (χ1) is 15.3. The predicted octanol–water partition coefficient (Wildman–Crippen LogP) is 5.62. The number of nitrogens with zero attached hydrogens (tertiary/aromatic N) is 4. The number of piperidine rings is 1. The first kappa shape index (κ1) is 20.3. The summed E-state index contributed by atoms with van der Waals surface area (Å²) in [5.74, 6) is 1.29. The average Bonchev–Trinajstić information content (AvgIpc) is 3.42. The lowest BCUT2D eigenvalue weighted by molar-refractivity contribution is 0.221. The Morgan fingerprint density at radius 2 is 1.71 bits per heavy atom. The molecule has 1 aliphatic rings. The molecule has 4 aromatic rings. The molecule has 1 fully saturated rings. The monoisotopic (exact) mass is 434 g/mol. The lowest BCUT2D eigenvalue weighted by Gasteiger charge is -2.26. The van der Waals surface area contributed by atoms with Gasteiger partial charge in [-0.2, -0.15) is 4.98 Å². The number of aromatic nitrogens is 3. The van der Waals surface area contributed by atoms with Gasteiger partial charge in [-0.15, -0.1) is 0 Å². The molecule has 0 atom stereocenters. The van der Waals surface area contributed by atoms with E-state index in [1.165, 1.54) is 37.9 Å². The highest BCUT2D eigenvalue weighted by Gasteiger charge is 2.17. The van der Waals surface area contributed by atoms with Crippen molar-refractivity contribution in [2.45, 2.75) is 38.6 Å². The summed E-state index contributed by atoms with van der Waals surface area (Å²) in [5.41, 5.74) is 3.32. The number of para-hydroxylation sites is 1. The molecule has 1 saturated heterocycles. The summed E-state index contributed by atoms with van der Waals surface area (Å²) in [7, 11) is 0. The molecule has 0 N–H and O–H groups in total. The van der Waals surface area contributed by atoms with E-state index in [2.05, 4.69) is 45.1 Å². The molecule has 0 saturated carbocycles. The molecule has 0 unspecified atom stereocenters. The van der Waals surface area contributed by atoms with Gasteiger partial charge in [0.1, 0.15) is 0 Å². The van der Waals surface area contributed by atoms with Crippen molar-refractivity contribution in [1.82, 2.24) is 19.6 Å². The maximum absolute atomic E-state index is 6.28. The van der Waals surface area contributed by atoms with Crippen LogP contribution in [0.1, 0.15) is 30.7 Å². The standard InChI is InChI=1S/C25H27ClN4O/c26-22-10-4-2-8-19(22)12-13-24-27-25(31-28-24)21-18-30(23-11-5-3-9-20(21)23)17-16-29-14-6-1-7-15-29/h2-5,8-11,18H,1,6-7,12-17H2. The first-order valence-corrected chi connectivity index (χ1v) is 11.5. The minimum atomic E-state index is 0.585. The van der Waals surface area contributed by atoms with Crippen LogP contribution < -0.4 is 0 Å². The number of halogens is 1. The van der Waals surface area contributed by atoms with Crippen LogP contribution in [0.15, 0.2) is 59.3 Å². The van der Waals surface area contributed by atoms with Crippen molar-refractivity contribution in [2.24, 2.45) is 0 Å². The summed E-state index contributed by atoms with van der Waals surface area (Å²) < 4.78 is 7.99. The van der Waals surface area contributed by atoms with Gasteiger partial charge in [0, 0.05) is 41.6 Å². The molecule has 2 aromatic heterocycles. The zero-order valence-electron chi connectivity index (χ0n) is 17.6. The van der Waals surface area contributed by atoms with Crippen LogP contribution in [0.5, 0.6) is 0 Å². The van der Waals surface area contributed by atoms with E-state index in [-0.39, 0.29) is 0 Å². The summed E-state index contributed by atoms with van der Waals surface area (Å²) in [6, 6.07) is 16.4. The normalized spacial score (nSPS) is 15.0. The second-order valence-corrected chi connectivity index (χ2v) is 8.67. The highest BCUT2D eigenvalue weighted by molar-refractivity contribution is 6.31. The van der Waals surface area contributed by atoms with Crippen LogP contribution in [0.4, 0.5) is 0 Å². The van der Waals surface area contributed by atoms with E-state index in [4.69, 9.17) is 21.1 Å². The van der Waals surface area contributed by atoms with Crippen molar-refractivity contribution in [3.8, 4) is 11.5 Å². The Kier molecular flexibility index (Phi) is 6.05. The molecule has 160 valence electrons. The number of hydrogen-bond donors (Lipinski definition) is 0. The summed E-state index contributed by atoms with van der Waals surface area (Å²) >= 11 is 6.28. The minimum absolute atomic E-state index is 0.585. The molecule has 0 bridgehead atoms. The number of hydrogen-bond acceptors (Lipinski definition) is 4. The number of rotatable bonds is 7. The van der Waals surface area contributed by atoms with Crippen molar-refractivity contribution >= 4 is 22.5 Å². The molecule has 0 aliphatic carbocycles. The predicted molar refractivity (Wildman–Crippen MR) is 124 cm³/mol. The van der Waals surface area contributed by atoms with Crippen LogP contribution in [-0.4, -0.2) is 39.2 Å². The molecule has 1 aliphatic heterocycles. The highest BCUT2D eigenvalue weighted by atomic mass is 35.5. The Hall–Kier alpha value is -2.63. The lowest BCUT2D eigenvalue weighted by Crippen LogP contribution is -2.32. The Balaban J connectivity index is 1.34. The fraction of sp³-hybridized carbons (Fsp3) is 0.360. The van der Waals surface area contributed by atoms with E-state index in [9.17, 15) is 0 Å². The Labute approximate surface area is 187 Å². The van der Waals surface area contributed by atoms with Gasteiger partial charge in [0.15, 0.2) is 5.82 Å². The molecular weight excluding hydrogens is 408 g/mol. The van der Waals surface area contributed by atoms with Crippen LogP contribution in [0.2, 0.25) is 5.02 Å². The maximum Gasteiger partial charge on any atom is 0.260 e. The van der Waals surface area contributed by atoms with Gasteiger partial charge in [-0.05, 0) is 50.0 Å². The largest absolute Gasteiger partial charge is 0.345 e. The van der Waals surface area contributed by atoms with Gasteiger partial charge in [-0.1, -0.05) is 59.6 Å². The second-order valence-electron chi connectivity index (χ2n) is 8.26. The third-order valence-electron chi connectivity index (χ3n) is 6.17. The number of benzene rings is 2. The summed E-state index contributed by atoms with van der Waals surface area (Å²) in [6.07, 6.45) is 7.65. The zero-order valence-corrected chi connectivity index (χ0v) is 18.4. The van der Waals surface area contributed by atoms with Crippen LogP contribution in [-0.2, 0) is 19.4 Å². The number of likely N-dealkylation sites (tertiary alicyclic amines) is 1. The summed E-state index contributed by atoms with van der Waals surface area (Å²) in [4.78, 5) is 7.26. The molecule has 5 rings (SSSR count). The maximum atomic E-state index is 6.28. The zero-order chi connectivity index (χ0) is 21.0. The SMILES string of the molecule is Clc1ccccc1CCc1noc(-c2cn(CCN3CCCCC3)c3ccccc23)n1. The molecule has 3 heterocycles. The fourth-order valence-corrected chi connectivity index (χ4v) is 4.68. The Bertz CT molecular complexity index is 1160. The van der Waals surface area contributed by atoms with E-state index >= 15 is 0 Å². The van der Waals surface area contributed by atoms with Crippen LogP contribution in [0, 0.1) is 0 Å². The smallest absolute Gasteiger partial charge is 0.260 e. The van der Waals surface area contributed by atoms with Crippen LogP contribution in [0.3, 0.4) is 0 Å². The van der Waals surface area contributed by atoms with Crippen LogP contribution in [0.25, 0.3) is 22.4 Å². The van der Waals surface area contributed by atoms with E-state index in [0.717, 1.165) is 41.0 Å².